The number of carbonyl (C=O) groups excluding carboxylic acids is 4. The molecular formula is C23H29N3O4. The summed E-state index contributed by atoms with van der Waals surface area (Å²) >= 11 is 0. The predicted octanol–water partition coefficient (Wildman–Crippen LogP) is 2.81. The van der Waals surface area contributed by atoms with Crippen LogP contribution in [0, 0.1) is 0 Å². The molecule has 30 heavy (non-hydrogen) atoms. The van der Waals surface area contributed by atoms with Crippen LogP contribution in [0.3, 0.4) is 0 Å². The van der Waals surface area contributed by atoms with Crippen molar-refractivity contribution in [1.29, 1.82) is 0 Å². The second-order valence-corrected chi connectivity index (χ2v) is 8.75. The van der Waals surface area contributed by atoms with Gasteiger partial charge in [-0.1, -0.05) is 31.4 Å². The Morgan fingerprint density at radius 3 is 2.63 bits per heavy atom. The molecular weight excluding hydrogens is 382 g/mol. The number of hydrogen-bond acceptors (Lipinski definition) is 4. The molecule has 2 aliphatic carbocycles. The molecule has 1 atom stereocenters. The molecule has 160 valence electrons. The van der Waals surface area contributed by atoms with E-state index in [-0.39, 0.29) is 36.0 Å². The first-order valence-electron chi connectivity index (χ1n) is 10.9. The van der Waals surface area contributed by atoms with E-state index >= 15 is 0 Å². The van der Waals surface area contributed by atoms with Gasteiger partial charge in [0.05, 0.1) is 12.5 Å². The van der Waals surface area contributed by atoms with Gasteiger partial charge in [-0.05, 0) is 36.5 Å². The molecule has 3 aliphatic rings. The van der Waals surface area contributed by atoms with E-state index in [0.717, 1.165) is 36.8 Å². The average Bonchev–Trinajstić information content (AvgIpc) is 3.06. The Hall–Kier alpha value is -2.70. The summed E-state index contributed by atoms with van der Waals surface area (Å²) in [4.78, 5) is 52.7. The van der Waals surface area contributed by atoms with Crippen molar-refractivity contribution in [2.45, 2.75) is 76.5 Å². The zero-order valence-electron chi connectivity index (χ0n) is 17.5. The fourth-order valence-electron chi connectivity index (χ4n) is 4.87. The summed E-state index contributed by atoms with van der Waals surface area (Å²) in [6.45, 7) is 0.757. The number of rotatable bonds is 4. The summed E-state index contributed by atoms with van der Waals surface area (Å²) in [5.41, 5.74) is 2.40. The van der Waals surface area contributed by atoms with Crippen LogP contribution in [-0.4, -0.2) is 52.4 Å². The van der Waals surface area contributed by atoms with Crippen molar-refractivity contribution in [3.63, 3.8) is 0 Å². The quantitative estimate of drug-likeness (QED) is 0.772. The van der Waals surface area contributed by atoms with Crippen LogP contribution in [0.1, 0.15) is 72.9 Å². The summed E-state index contributed by atoms with van der Waals surface area (Å²) < 4.78 is 0. The van der Waals surface area contributed by atoms with Crippen molar-refractivity contribution in [3.8, 4) is 0 Å². The highest BCUT2D eigenvalue weighted by atomic mass is 16.2. The monoisotopic (exact) mass is 411 g/mol. The Morgan fingerprint density at radius 1 is 1.13 bits per heavy atom. The minimum absolute atomic E-state index is 0.0493. The number of nitrogens with zero attached hydrogens (tertiary/aromatic N) is 2. The second-order valence-electron chi connectivity index (χ2n) is 8.75. The molecule has 4 rings (SSSR count). The van der Waals surface area contributed by atoms with E-state index in [1.807, 2.05) is 12.1 Å². The number of hydrogen-bond donors (Lipinski definition) is 1. The molecule has 1 aromatic rings. The number of Topliss-reactive ketones (excluding diaryl/α,β-unsaturated/α-hetero) is 2. The number of nitrogens with one attached hydrogen (secondary N) is 1. The van der Waals surface area contributed by atoms with Crippen molar-refractivity contribution >= 4 is 23.5 Å². The maximum Gasteiger partial charge on any atom is 0.317 e. The first-order chi connectivity index (χ1) is 14.4. The third-order valence-electron chi connectivity index (χ3n) is 6.60. The Morgan fingerprint density at radius 2 is 1.90 bits per heavy atom. The van der Waals surface area contributed by atoms with E-state index in [1.165, 1.54) is 6.42 Å². The van der Waals surface area contributed by atoms with Crippen LogP contribution in [0.5, 0.6) is 0 Å². The van der Waals surface area contributed by atoms with Crippen molar-refractivity contribution < 1.29 is 19.2 Å². The summed E-state index contributed by atoms with van der Waals surface area (Å²) in [5.74, 6) is -0.376. The van der Waals surface area contributed by atoms with Gasteiger partial charge in [-0.15, -0.1) is 0 Å². The Kier molecular flexibility index (Phi) is 5.88. The molecule has 1 N–H and O–H groups in total. The van der Waals surface area contributed by atoms with Crippen LogP contribution >= 0.6 is 0 Å². The molecule has 0 bridgehead atoms. The molecule has 0 aromatic heterocycles. The van der Waals surface area contributed by atoms with Gasteiger partial charge in [0, 0.05) is 38.2 Å². The minimum Gasteiger partial charge on any atom is -0.335 e. The molecule has 2 fully saturated rings. The van der Waals surface area contributed by atoms with Gasteiger partial charge in [0.15, 0.2) is 5.78 Å². The molecule has 1 aliphatic heterocycles. The van der Waals surface area contributed by atoms with Crippen LogP contribution in [0.4, 0.5) is 4.79 Å². The zero-order chi connectivity index (χ0) is 21.3. The van der Waals surface area contributed by atoms with Gasteiger partial charge in [-0.25, -0.2) is 4.79 Å². The molecule has 3 amide bonds. The highest BCUT2D eigenvalue weighted by Gasteiger charge is 2.39. The maximum absolute atomic E-state index is 13.0. The van der Waals surface area contributed by atoms with E-state index in [2.05, 4.69) is 5.32 Å². The first-order valence-corrected chi connectivity index (χ1v) is 10.9. The van der Waals surface area contributed by atoms with Gasteiger partial charge >= 0.3 is 6.03 Å². The maximum atomic E-state index is 13.0. The summed E-state index contributed by atoms with van der Waals surface area (Å²) in [6.07, 6.45) is 6.27. The van der Waals surface area contributed by atoms with Crippen molar-refractivity contribution in [3.05, 3.63) is 34.9 Å². The first kappa shape index (κ1) is 20.6. The third-order valence-corrected chi connectivity index (χ3v) is 6.60. The number of urea groups is 1. The molecule has 2 saturated carbocycles. The normalized spacial score (nSPS) is 22.2. The summed E-state index contributed by atoms with van der Waals surface area (Å²) in [7, 11) is 1.77. The van der Waals surface area contributed by atoms with Crippen molar-refractivity contribution in [2.75, 3.05) is 7.05 Å². The van der Waals surface area contributed by atoms with E-state index in [0.29, 0.717) is 31.5 Å². The van der Waals surface area contributed by atoms with E-state index < -0.39 is 6.04 Å². The largest absolute Gasteiger partial charge is 0.335 e. The van der Waals surface area contributed by atoms with Gasteiger partial charge in [-0.3, -0.25) is 14.4 Å². The van der Waals surface area contributed by atoms with Gasteiger partial charge in [0.1, 0.15) is 5.78 Å². The number of amides is 3. The zero-order valence-corrected chi connectivity index (χ0v) is 17.5. The lowest BCUT2D eigenvalue weighted by Gasteiger charge is -2.29. The van der Waals surface area contributed by atoms with Crippen molar-refractivity contribution in [2.24, 2.45) is 0 Å². The molecule has 1 unspecified atom stereocenters. The van der Waals surface area contributed by atoms with Crippen LogP contribution in [0.15, 0.2) is 18.2 Å². The van der Waals surface area contributed by atoms with Crippen LogP contribution < -0.4 is 5.32 Å². The van der Waals surface area contributed by atoms with Gasteiger partial charge in [-0.2, -0.15) is 0 Å². The predicted molar refractivity (Wildman–Crippen MR) is 111 cm³/mol. The Balaban J connectivity index is 1.45. The number of benzene rings is 1. The molecule has 1 heterocycles. The van der Waals surface area contributed by atoms with Crippen LogP contribution in [0.25, 0.3) is 0 Å². The summed E-state index contributed by atoms with van der Waals surface area (Å²) in [6, 6.07) is 5.17. The number of fused-ring (bicyclic) bond motifs is 1. The molecule has 1 aromatic carbocycles. The van der Waals surface area contributed by atoms with Crippen LogP contribution in [-0.2, 0) is 22.7 Å². The third kappa shape index (κ3) is 4.11. The van der Waals surface area contributed by atoms with Gasteiger partial charge in [0.2, 0.25) is 0 Å². The topological polar surface area (TPSA) is 86.8 Å². The molecule has 7 heteroatoms. The molecule has 0 saturated heterocycles. The second kappa shape index (κ2) is 8.58. The minimum atomic E-state index is -0.525. The van der Waals surface area contributed by atoms with E-state index in [4.69, 9.17) is 0 Å². The highest BCUT2D eigenvalue weighted by Crippen LogP contribution is 2.31. The Labute approximate surface area is 176 Å². The SMILES string of the molecule is CN(Cc1cccc2c1CN(C1CCC(=O)CC1=O)C2=O)C(=O)NC1CCCCC1. The smallest absolute Gasteiger partial charge is 0.317 e. The fraction of sp³-hybridized carbons (Fsp3) is 0.565. The number of ketones is 2. The molecule has 0 radical (unpaired) electrons. The Bertz CT molecular complexity index is 875. The highest BCUT2D eigenvalue weighted by molar-refractivity contribution is 6.07. The lowest BCUT2D eigenvalue weighted by atomic mass is 9.92. The van der Waals surface area contributed by atoms with Gasteiger partial charge in [0.25, 0.3) is 5.91 Å². The lowest BCUT2D eigenvalue weighted by Crippen LogP contribution is -2.44. The average molecular weight is 412 g/mol. The molecule has 0 spiro atoms. The lowest BCUT2D eigenvalue weighted by molar-refractivity contribution is -0.133. The number of carbonyl (C=O) groups is 4. The summed E-state index contributed by atoms with van der Waals surface area (Å²) in [5, 5.41) is 3.12. The van der Waals surface area contributed by atoms with Gasteiger partial charge < -0.3 is 15.1 Å². The molecule has 7 nitrogen and oxygen atoms in total. The van der Waals surface area contributed by atoms with Crippen molar-refractivity contribution in [1.82, 2.24) is 15.1 Å². The fourth-order valence-corrected chi connectivity index (χ4v) is 4.87. The van der Waals surface area contributed by atoms with Crippen LogP contribution in [0.2, 0.25) is 0 Å². The standard InChI is InChI=1S/C23H29N3O4/c1-25(23(30)24-16-7-3-2-4-8-16)13-15-6-5-9-18-19(15)14-26(22(18)29)20-11-10-17(27)12-21(20)28/h5-6,9,16,20H,2-4,7-8,10-14H2,1H3,(H,24,30). The van der Waals surface area contributed by atoms with E-state index in [1.54, 1.807) is 22.9 Å². The van der Waals surface area contributed by atoms with E-state index in [9.17, 15) is 19.2 Å².